The Hall–Kier alpha value is -1.84. The van der Waals surface area contributed by atoms with E-state index < -0.39 is 0 Å². The third kappa shape index (κ3) is 2.93. The SMILES string of the molecule is CN1Cc2cc(N3CCCCC3)ccc2C(c2ccc3ccsc3c2)C1. The Kier molecular flexibility index (Phi) is 4.22. The Bertz CT molecular complexity index is 923. The second-order valence-electron chi connectivity index (χ2n) is 7.90. The van der Waals surface area contributed by atoms with Gasteiger partial charge in [-0.2, -0.15) is 0 Å². The highest BCUT2D eigenvalue weighted by molar-refractivity contribution is 7.17. The van der Waals surface area contributed by atoms with Crippen LogP contribution in [0.1, 0.15) is 41.9 Å². The highest BCUT2D eigenvalue weighted by atomic mass is 32.1. The summed E-state index contributed by atoms with van der Waals surface area (Å²) in [5.41, 5.74) is 5.92. The Morgan fingerprint density at radius 3 is 2.73 bits per heavy atom. The standard InChI is InChI=1S/C23H26N2S/c1-24-15-19-13-20(25-10-3-2-4-11-25)7-8-21(19)22(16-24)18-6-5-17-9-12-26-23(17)14-18/h5-9,12-14,22H,2-4,10-11,15-16H2,1H3. The molecular weight excluding hydrogens is 336 g/mol. The van der Waals surface area contributed by atoms with Crippen molar-refractivity contribution < 1.29 is 0 Å². The minimum absolute atomic E-state index is 0.477. The maximum atomic E-state index is 2.57. The fraction of sp³-hybridized carbons (Fsp3) is 0.391. The maximum Gasteiger partial charge on any atom is 0.0369 e. The smallest absolute Gasteiger partial charge is 0.0369 e. The molecule has 2 aliphatic heterocycles. The quantitative estimate of drug-likeness (QED) is 0.596. The molecule has 0 amide bonds. The summed E-state index contributed by atoms with van der Waals surface area (Å²) in [6.07, 6.45) is 4.05. The largest absolute Gasteiger partial charge is 0.372 e. The van der Waals surface area contributed by atoms with Gasteiger partial charge in [-0.15, -0.1) is 11.3 Å². The minimum atomic E-state index is 0.477. The van der Waals surface area contributed by atoms with Crippen molar-refractivity contribution in [2.24, 2.45) is 0 Å². The Morgan fingerprint density at radius 2 is 1.85 bits per heavy atom. The van der Waals surface area contributed by atoms with E-state index in [1.165, 1.54) is 64.8 Å². The lowest BCUT2D eigenvalue weighted by Crippen LogP contribution is -2.32. The van der Waals surface area contributed by atoms with E-state index in [0.717, 1.165) is 13.1 Å². The molecule has 0 bridgehead atoms. The number of thiophene rings is 1. The van der Waals surface area contributed by atoms with Crippen molar-refractivity contribution in [3.8, 4) is 0 Å². The number of fused-ring (bicyclic) bond motifs is 2. The molecule has 1 saturated heterocycles. The van der Waals surface area contributed by atoms with E-state index in [4.69, 9.17) is 0 Å². The summed E-state index contributed by atoms with van der Waals surface area (Å²) in [5.74, 6) is 0.477. The van der Waals surface area contributed by atoms with Crippen LogP contribution in [-0.4, -0.2) is 31.6 Å². The predicted octanol–water partition coefficient (Wildman–Crippen LogP) is 5.47. The first-order valence-corrected chi connectivity index (χ1v) is 10.7. The Morgan fingerprint density at radius 1 is 0.962 bits per heavy atom. The second-order valence-corrected chi connectivity index (χ2v) is 8.85. The third-order valence-electron chi connectivity index (χ3n) is 6.04. The molecule has 3 aromatic rings. The first kappa shape index (κ1) is 16.3. The lowest BCUT2D eigenvalue weighted by atomic mass is 9.84. The van der Waals surface area contributed by atoms with Crippen LogP contribution in [0.2, 0.25) is 0 Å². The van der Waals surface area contributed by atoms with E-state index in [1.807, 2.05) is 11.3 Å². The molecule has 2 aromatic carbocycles. The maximum absolute atomic E-state index is 2.57. The molecule has 0 spiro atoms. The molecule has 26 heavy (non-hydrogen) atoms. The highest BCUT2D eigenvalue weighted by Crippen LogP contribution is 2.37. The number of benzene rings is 2. The van der Waals surface area contributed by atoms with Gasteiger partial charge in [0.2, 0.25) is 0 Å². The fourth-order valence-electron chi connectivity index (χ4n) is 4.66. The van der Waals surface area contributed by atoms with E-state index in [2.05, 4.69) is 64.7 Å². The van der Waals surface area contributed by atoms with Gasteiger partial charge in [0.15, 0.2) is 0 Å². The molecule has 134 valence electrons. The molecule has 3 heteroatoms. The number of hydrogen-bond donors (Lipinski definition) is 0. The molecular formula is C23H26N2S. The van der Waals surface area contributed by atoms with Crippen LogP contribution >= 0.6 is 11.3 Å². The molecule has 5 rings (SSSR count). The number of piperidine rings is 1. The monoisotopic (exact) mass is 362 g/mol. The van der Waals surface area contributed by atoms with Gasteiger partial charge in [-0.3, -0.25) is 0 Å². The van der Waals surface area contributed by atoms with Crippen molar-refractivity contribution in [1.82, 2.24) is 4.90 Å². The van der Waals surface area contributed by atoms with Crippen molar-refractivity contribution in [3.05, 3.63) is 64.5 Å². The summed E-state index contributed by atoms with van der Waals surface area (Å²) < 4.78 is 1.40. The normalized spacial score (nSPS) is 21.1. The average molecular weight is 363 g/mol. The summed E-state index contributed by atoms with van der Waals surface area (Å²) in [7, 11) is 2.26. The predicted molar refractivity (Wildman–Crippen MR) is 113 cm³/mol. The minimum Gasteiger partial charge on any atom is -0.372 e. The van der Waals surface area contributed by atoms with E-state index in [0.29, 0.717) is 5.92 Å². The van der Waals surface area contributed by atoms with Gasteiger partial charge in [-0.1, -0.05) is 18.2 Å². The summed E-state index contributed by atoms with van der Waals surface area (Å²) in [6, 6.07) is 16.5. The Labute approximate surface area is 160 Å². The highest BCUT2D eigenvalue weighted by Gasteiger charge is 2.26. The molecule has 1 unspecified atom stereocenters. The number of likely N-dealkylation sites (N-methyl/N-ethyl adjacent to an activating group) is 1. The van der Waals surface area contributed by atoms with Crippen molar-refractivity contribution in [2.45, 2.75) is 31.7 Å². The van der Waals surface area contributed by atoms with Gasteiger partial charge in [-0.05, 0) is 78.0 Å². The van der Waals surface area contributed by atoms with Crippen molar-refractivity contribution in [2.75, 3.05) is 31.6 Å². The van der Waals surface area contributed by atoms with Gasteiger partial charge >= 0.3 is 0 Å². The molecule has 1 aromatic heterocycles. The lowest BCUT2D eigenvalue weighted by Gasteiger charge is -2.35. The number of hydrogen-bond acceptors (Lipinski definition) is 3. The van der Waals surface area contributed by atoms with Gasteiger partial charge in [0.1, 0.15) is 0 Å². The van der Waals surface area contributed by atoms with E-state index in [-0.39, 0.29) is 0 Å². The van der Waals surface area contributed by atoms with Crippen LogP contribution < -0.4 is 4.90 Å². The fourth-order valence-corrected chi connectivity index (χ4v) is 5.49. The number of anilines is 1. The summed E-state index contributed by atoms with van der Waals surface area (Å²) in [4.78, 5) is 5.05. The van der Waals surface area contributed by atoms with E-state index >= 15 is 0 Å². The molecule has 0 radical (unpaired) electrons. The van der Waals surface area contributed by atoms with Crippen molar-refractivity contribution >= 4 is 27.1 Å². The molecule has 2 nitrogen and oxygen atoms in total. The topological polar surface area (TPSA) is 6.48 Å². The van der Waals surface area contributed by atoms with Crippen LogP contribution in [0.3, 0.4) is 0 Å². The summed E-state index contributed by atoms with van der Waals surface area (Å²) in [5, 5.41) is 3.56. The van der Waals surface area contributed by atoms with Crippen molar-refractivity contribution in [1.29, 1.82) is 0 Å². The molecule has 0 N–H and O–H groups in total. The second kappa shape index (κ2) is 6.71. The van der Waals surface area contributed by atoms with E-state index in [1.54, 1.807) is 0 Å². The van der Waals surface area contributed by atoms with Crippen LogP contribution in [0.4, 0.5) is 5.69 Å². The zero-order valence-corrected chi connectivity index (χ0v) is 16.3. The third-order valence-corrected chi connectivity index (χ3v) is 6.92. The first-order valence-electron chi connectivity index (χ1n) is 9.81. The molecule has 1 atom stereocenters. The van der Waals surface area contributed by atoms with Crippen LogP contribution in [0.15, 0.2) is 47.8 Å². The van der Waals surface area contributed by atoms with Gasteiger partial charge in [-0.25, -0.2) is 0 Å². The lowest BCUT2D eigenvalue weighted by molar-refractivity contribution is 0.295. The zero-order valence-electron chi connectivity index (χ0n) is 15.4. The number of rotatable bonds is 2. The summed E-state index contributed by atoms with van der Waals surface area (Å²) in [6.45, 7) is 4.60. The Balaban J connectivity index is 1.52. The zero-order chi connectivity index (χ0) is 17.5. The molecule has 3 heterocycles. The van der Waals surface area contributed by atoms with Crippen LogP contribution in [0, 0.1) is 0 Å². The van der Waals surface area contributed by atoms with Crippen LogP contribution in [-0.2, 0) is 6.54 Å². The molecule has 2 aliphatic rings. The molecule has 0 aliphatic carbocycles. The molecule has 0 saturated carbocycles. The van der Waals surface area contributed by atoms with E-state index in [9.17, 15) is 0 Å². The summed E-state index contributed by atoms with van der Waals surface area (Å²) >= 11 is 1.85. The van der Waals surface area contributed by atoms with Gasteiger partial charge in [0, 0.05) is 42.5 Å². The molecule has 1 fully saturated rings. The first-order chi connectivity index (χ1) is 12.8. The van der Waals surface area contributed by atoms with Crippen LogP contribution in [0.5, 0.6) is 0 Å². The van der Waals surface area contributed by atoms with Gasteiger partial charge in [0.05, 0.1) is 0 Å². The van der Waals surface area contributed by atoms with Crippen LogP contribution in [0.25, 0.3) is 10.1 Å². The van der Waals surface area contributed by atoms with Gasteiger partial charge < -0.3 is 9.80 Å². The average Bonchev–Trinajstić information content (AvgIpc) is 3.15. The van der Waals surface area contributed by atoms with Gasteiger partial charge in [0.25, 0.3) is 0 Å². The van der Waals surface area contributed by atoms with Crippen molar-refractivity contribution in [3.63, 3.8) is 0 Å². The number of nitrogens with zero attached hydrogens (tertiary/aromatic N) is 2.